The minimum atomic E-state index is -0.961. The van der Waals surface area contributed by atoms with Crippen LogP contribution in [0.3, 0.4) is 0 Å². The molecule has 0 aliphatic rings. The van der Waals surface area contributed by atoms with Crippen LogP contribution in [0, 0.1) is 6.92 Å². The zero-order valence-corrected chi connectivity index (χ0v) is 13.5. The van der Waals surface area contributed by atoms with E-state index in [0.29, 0.717) is 10.7 Å². The number of amides is 1. The number of carbonyl (C=O) groups is 2. The van der Waals surface area contributed by atoms with Gasteiger partial charge in [0.25, 0.3) is 0 Å². The van der Waals surface area contributed by atoms with Gasteiger partial charge in [0, 0.05) is 16.2 Å². The molecule has 0 bridgehead atoms. The van der Waals surface area contributed by atoms with Gasteiger partial charge in [0.1, 0.15) is 0 Å². The van der Waals surface area contributed by atoms with Gasteiger partial charge < -0.3 is 10.4 Å². The van der Waals surface area contributed by atoms with Crippen LogP contribution in [0.25, 0.3) is 0 Å². The standard InChI is InChI=1S/C15H21ClN2O3/c1-10-5-6-11(16)7-12(10)17-13(19)8-18(9-14(20)21)15(2,3)4/h5-7H,8-9H2,1-4H3,(H,17,19)(H,20,21). The summed E-state index contributed by atoms with van der Waals surface area (Å²) in [6.07, 6.45) is 0. The predicted octanol–water partition coefficient (Wildman–Crippen LogP) is 2.77. The number of rotatable bonds is 5. The summed E-state index contributed by atoms with van der Waals surface area (Å²) in [6, 6.07) is 5.24. The van der Waals surface area contributed by atoms with E-state index in [2.05, 4.69) is 5.32 Å². The van der Waals surface area contributed by atoms with Crippen molar-refractivity contribution in [1.29, 1.82) is 0 Å². The van der Waals surface area contributed by atoms with E-state index < -0.39 is 11.5 Å². The molecule has 1 rings (SSSR count). The molecule has 0 saturated heterocycles. The first-order valence-electron chi connectivity index (χ1n) is 6.62. The Bertz CT molecular complexity index is 538. The van der Waals surface area contributed by atoms with Crippen LogP contribution in [0.5, 0.6) is 0 Å². The number of nitrogens with one attached hydrogen (secondary N) is 1. The number of aryl methyl sites for hydroxylation is 1. The molecule has 5 nitrogen and oxygen atoms in total. The number of carboxylic acids is 1. The molecular formula is C15H21ClN2O3. The Kier molecular flexibility index (Phi) is 5.75. The van der Waals surface area contributed by atoms with E-state index in [1.54, 1.807) is 17.0 Å². The van der Waals surface area contributed by atoms with Crippen LogP contribution in [0.2, 0.25) is 5.02 Å². The fraction of sp³-hybridized carbons (Fsp3) is 0.467. The number of carboxylic acid groups (broad SMARTS) is 1. The van der Waals surface area contributed by atoms with Crippen LogP contribution in [-0.4, -0.2) is 40.5 Å². The number of benzene rings is 1. The lowest BCUT2D eigenvalue weighted by Gasteiger charge is -2.33. The van der Waals surface area contributed by atoms with Gasteiger partial charge in [-0.05, 0) is 45.4 Å². The molecule has 0 radical (unpaired) electrons. The van der Waals surface area contributed by atoms with Gasteiger partial charge in [-0.2, -0.15) is 0 Å². The van der Waals surface area contributed by atoms with Gasteiger partial charge in [-0.3, -0.25) is 14.5 Å². The lowest BCUT2D eigenvalue weighted by Crippen LogP contribution is -2.48. The van der Waals surface area contributed by atoms with Crippen LogP contribution < -0.4 is 5.32 Å². The second-order valence-corrected chi connectivity index (χ2v) is 6.36. The molecule has 21 heavy (non-hydrogen) atoms. The van der Waals surface area contributed by atoms with Crippen LogP contribution in [0.1, 0.15) is 26.3 Å². The molecular weight excluding hydrogens is 292 g/mol. The molecule has 0 aromatic heterocycles. The predicted molar refractivity (Wildman–Crippen MR) is 83.8 cm³/mol. The van der Waals surface area contributed by atoms with Gasteiger partial charge in [0.05, 0.1) is 13.1 Å². The molecule has 0 aliphatic carbocycles. The van der Waals surface area contributed by atoms with Crippen molar-refractivity contribution in [1.82, 2.24) is 4.90 Å². The summed E-state index contributed by atoms with van der Waals surface area (Å²) in [4.78, 5) is 24.6. The Balaban J connectivity index is 2.78. The lowest BCUT2D eigenvalue weighted by atomic mass is 10.1. The first-order valence-corrected chi connectivity index (χ1v) is 7.00. The van der Waals surface area contributed by atoms with Crippen molar-refractivity contribution in [2.24, 2.45) is 0 Å². The smallest absolute Gasteiger partial charge is 0.317 e. The molecule has 1 aromatic carbocycles. The highest BCUT2D eigenvalue weighted by atomic mass is 35.5. The fourth-order valence-corrected chi connectivity index (χ4v) is 1.96. The van der Waals surface area contributed by atoms with Gasteiger partial charge in [-0.15, -0.1) is 0 Å². The third-order valence-corrected chi connectivity index (χ3v) is 3.32. The highest BCUT2D eigenvalue weighted by Gasteiger charge is 2.25. The summed E-state index contributed by atoms with van der Waals surface area (Å²) >= 11 is 5.91. The van der Waals surface area contributed by atoms with E-state index in [1.165, 1.54) is 0 Å². The highest BCUT2D eigenvalue weighted by molar-refractivity contribution is 6.31. The Morgan fingerprint density at radius 1 is 1.29 bits per heavy atom. The zero-order chi connectivity index (χ0) is 16.2. The molecule has 1 amide bonds. The largest absolute Gasteiger partial charge is 0.480 e. The van der Waals surface area contributed by atoms with Crippen molar-refractivity contribution in [2.45, 2.75) is 33.2 Å². The van der Waals surface area contributed by atoms with Crippen molar-refractivity contribution in [3.63, 3.8) is 0 Å². The molecule has 0 atom stereocenters. The second kappa shape index (κ2) is 6.91. The third-order valence-electron chi connectivity index (χ3n) is 3.08. The molecule has 0 saturated carbocycles. The molecule has 116 valence electrons. The van der Waals surface area contributed by atoms with E-state index in [9.17, 15) is 9.59 Å². The summed E-state index contributed by atoms with van der Waals surface area (Å²) < 4.78 is 0. The number of nitrogens with zero attached hydrogens (tertiary/aromatic N) is 1. The first kappa shape index (κ1) is 17.5. The van der Waals surface area contributed by atoms with E-state index in [4.69, 9.17) is 16.7 Å². The normalized spacial score (nSPS) is 11.5. The van der Waals surface area contributed by atoms with Crippen molar-refractivity contribution >= 4 is 29.2 Å². The van der Waals surface area contributed by atoms with Crippen LogP contribution in [0.4, 0.5) is 5.69 Å². The third kappa shape index (κ3) is 5.73. The maximum Gasteiger partial charge on any atom is 0.317 e. The second-order valence-electron chi connectivity index (χ2n) is 5.93. The molecule has 6 heteroatoms. The summed E-state index contributed by atoms with van der Waals surface area (Å²) in [7, 11) is 0. The highest BCUT2D eigenvalue weighted by Crippen LogP contribution is 2.20. The molecule has 0 heterocycles. The molecule has 0 unspecified atom stereocenters. The number of hydrogen-bond donors (Lipinski definition) is 2. The molecule has 1 aromatic rings. The van der Waals surface area contributed by atoms with Gasteiger partial charge in [-0.25, -0.2) is 0 Å². The Morgan fingerprint density at radius 3 is 2.43 bits per heavy atom. The molecule has 0 aliphatic heterocycles. The minimum Gasteiger partial charge on any atom is -0.480 e. The molecule has 2 N–H and O–H groups in total. The van der Waals surface area contributed by atoms with Gasteiger partial charge >= 0.3 is 5.97 Å². The Morgan fingerprint density at radius 2 is 1.90 bits per heavy atom. The quantitative estimate of drug-likeness (QED) is 0.877. The van der Waals surface area contributed by atoms with E-state index >= 15 is 0 Å². The monoisotopic (exact) mass is 312 g/mol. The lowest BCUT2D eigenvalue weighted by molar-refractivity contribution is -0.140. The summed E-state index contributed by atoms with van der Waals surface area (Å²) in [5.74, 6) is -1.23. The average Bonchev–Trinajstić information content (AvgIpc) is 2.31. The van der Waals surface area contributed by atoms with Crippen molar-refractivity contribution in [3.8, 4) is 0 Å². The van der Waals surface area contributed by atoms with Crippen molar-refractivity contribution < 1.29 is 14.7 Å². The first-order chi connectivity index (χ1) is 9.59. The molecule has 0 fully saturated rings. The minimum absolute atomic E-state index is 0.00174. The average molecular weight is 313 g/mol. The Labute approximate surface area is 129 Å². The fourth-order valence-electron chi connectivity index (χ4n) is 1.79. The maximum absolute atomic E-state index is 12.1. The van der Waals surface area contributed by atoms with Gasteiger partial charge in [0.2, 0.25) is 5.91 Å². The van der Waals surface area contributed by atoms with Crippen LogP contribution in [0.15, 0.2) is 18.2 Å². The van der Waals surface area contributed by atoms with Crippen molar-refractivity contribution in [3.05, 3.63) is 28.8 Å². The Hall–Kier alpha value is -1.59. The van der Waals surface area contributed by atoms with Gasteiger partial charge in [0.15, 0.2) is 0 Å². The van der Waals surface area contributed by atoms with E-state index in [1.807, 2.05) is 33.8 Å². The molecule has 0 spiro atoms. The summed E-state index contributed by atoms with van der Waals surface area (Å²) in [5, 5.41) is 12.2. The number of halogens is 1. The number of anilines is 1. The number of aliphatic carboxylic acids is 1. The topological polar surface area (TPSA) is 69.6 Å². The maximum atomic E-state index is 12.1. The van der Waals surface area contributed by atoms with E-state index in [-0.39, 0.29) is 19.0 Å². The number of carbonyl (C=O) groups excluding carboxylic acids is 1. The van der Waals surface area contributed by atoms with E-state index in [0.717, 1.165) is 5.56 Å². The number of hydrogen-bond acceptors (Lipinski definition) is 3. The summed E-state index contributed by atoms with van der Waals surface area (Å²) in [6.45, 7) is 7.29. The summed E-state index contributed by atoms with van der Waals surface area (Å²) in [5.41, 5.74) is 1.11. The zero-order valence-electron chi connectivity index (χ0n) is 12.7. The SMILES string of the molecule is Cc1ccc(Cl)cc1NC(=O)CN(CC(=O)O)C(C)(C)C. The van der Waals surface area contributed by atoms with Crippen LogP contribution >= 0.6 is 11.6 Å². The van der Waals surface area contributed by atoms with Crippen molar-refractivity contribution in [2.75, 3.05) is 18.4 Å². The van der Waals surface area contributed by atoms with Gasteiger partial charge in [-0.1, -0.05) is 17.7 Å². The van der Waals surface area contributed by atoms with Crippen LogP contribution in [-0.2, 0) is 9.59 Å².